The van der Waals surface area contributed by atoms with E-state index in [-0.39, 0.29) is 0 Å². The van der Waals surface area contributed by atoms with Gasteiger partial charge in [0.2, 0.25) is 0 Å². The second-order valence-electron chi connectivity index (χ2n) is 4.84. The molecule has 5 heteroatoms. The van der Waals surface area contributed by atoms with Crippen molar-refractivity contribution in [3.63, 3.8) is 0 Å². The van der Waals surface area contributed by atoms with Crippen molar-refractivity contribution in [2.24, 2.45) is 0 Å². The third kappa shape index (κ3) is 5.31. The van der Waals surface area contributed by atoms with E-state index < -0.39 is 5.60 Å². The largest absolute Gasteiger partial charge is 0.388 e. The van der Waals surface area contributed by atoms with Crippen molar-refractivity contribution in [3.8, 4) is 0 Å². The maximum absolute atomic E-state index is 10.1. The Labute approximate surface area is 117 Å². The lowest BCUT2D eigenvalue weighted by molar-refractivity contribution is 0.0636. The highest BCUT2D eigenvalue weighted by atomic mass is 79.9. The van der Waals surface area contributed by atoms with E-state index in [9.17, 15) is 5.11 Å². The summed E-state index contributed by atoms with van der Waals surface area (Å²) < 4.78 is 0.776. The summed E-state index contributed by atoms with van der Waals surface area (Å²) in [6.07, 6.45) is 3.61. The van der Waals surface area contributed by atoms with Crippen LogP contribution < -0.4 is 5.32 Å². The van der Waals surface area contributed by atoms with Crippen LogP contribution in [0.1, 0.15) is 45.9 Å². The zero-order chi connectivity index (χ0) is 13.6. The van der Waals surface area contributed by atoms with E-state index in [0.29, 0.717) is 6.54 Å². The topological polar surface area (TPSA) is 58.0 Å². The first kappa shape index (κ1) is 15.4. The zero-order valence-corrected chi connectivity index (χ0v) is 12.9. The first-order valence-electron chi connectivity index (χ1n) is 6.46. The number of rotatable bonds is 7. The molecule has 0 radical (unpaired) electrons. The van der Waals surface area contributed by atoms with Crippen LogP contribution in [0.15, 0.2) is 10.7 Å². The Morgan fingerprint density at radius 1 is 1.33 bits per heavy atom. The van der Waals surface area contributed by atoms with Gasteiger partial charge in [0.1, 0.15) is 16.2 Å². The molecule has 2 N–H and O–H groups in total. The first-order chi connectivity index (χ1) is 8.46. The maximum Gasteiger partial charge on any atom is 0.132 e. The Hall–Kier alpha value is -0.680. The van der Waals surface area contributed by atoms with Gasteiger partial charge in [-0.25, -0.2) is 9.97 Å². The summed E-state index contributed by atoms with van der Waals surface area (Å²) in [5, 5.41) is 13.3. The van der Waals surface area contributed by atoms with Gasteiger partial charge in [0.05, 0.1) is 5.60 Å². The van der Waals surface area contributed by atoms with E-state index in [0.717, 1.165) is 41.9 Å². The van der Waals surface area contributed by atoms with Gasteiger partial charge < -0.3 is 10.4 Å². The molecule has 0 saturated carbocycles. The summed E-state index contributed by atoms with van der Waals surface area (Å²) >= 11 is 3.38. The van der Waals surface area contributed by atoms with Gasteiger partial charge in [-0.1, -0.05) is 20.3 Å². The summed E-state index contributed by atoms with van der Waals surface area (Å²) in [7, 11) is 0. The van der Waals surface area contributed by atoms with Crippen LogP contribution in [0.4, 0.5) is 5.82 Å². The van der Waals surface area contributed by atoms with Crippen LogP contribution in [0.25, 0.3) is 0 Å². The second-order valence-corrected chi connectivity index (χ2v) is 5.66. The predicted molar refractivity (Wildman–Crippen MR) is 77.7 cm³/mol. The van der Waals surface area contributed by atoms with Crippen LogP contribution >= 0.6 is 15.9 Å². The fraction of sp³-hybridized carbons (Fsp3) is 0.692. The lowest BCUT2D eigenvalue weighted by Gasteiger charge is -2.23. The van der Waals surface area contributed by atoms with Crippen LogP contribution in [0, 0.1) is 0 Å². The summed E-state index contributed by atoms with van der Waals surface area (Å²) in [4.78, 5) is 8.73. The number of halogens is 1. The van der Waals surface area contributed by atoms with Crippen LogP contribution in [-0.2, 0) is 6.42 Å². The first-order valence-corrected chi connectivity index (χ1v) is 7.26. The molecule has 1 aromatic heterocycles. The van der Waals surface area contributed by atoms with E-state index in [1.807, 2.05) is 13.0 Å². The maximum atomic E-state index is 10.1. The van der Waals surface area contributed by atoms with Crippen LogP contribution in [0.5, 0.6) is 0 Å². The van der Waals surface area contributed by atoms with Crippen LogP contribution in [-0.4, -0.2) is 27.2 Å². The van der Waals surface area contributed by atoms with Gasteiger partial charge in [-0.15, -0.1) is 0 Å². The van der Waals surface area contributed by atoms with Gasteiger partial charge in [-0.3, -0.25) is 0 Å². The quantitative estimate of drug-likeness (QED) is 0.759. The lowest BCUT2D eigenvalue weighted by atomic mass is 10.0. The fourth-order valence-corrected chi connectivity index (χ4v) is 2.22. The van der Waals surface area contributed by atoms with Crippen LogP contribution in [0.2, 0.25) is 0 Å². The Kier molecular flexibility index (Phi) is 6.02. The molecular weight excluding hydrogens is 294 g/mol. The smallest absolute Gasteiger partial charge is 0.132 e. The molecular formula is C13H22BrN3O. The van der Waals surface area contributed by atoms with Crippen molar-refractivity contribution in [2.45, 2.75) is 52.1 Å². The molecule has 0 aromatic carbocycles. The van der Waals surface area contributed by atoms with Gasteiger partial charge in [-0.05, 0) is 35.7 Å². The molecule has 1 aromatic rings. The number of hydrogen-bond donors (Lipinski definition) is 2. The van der Waals surface area contributed by atoms with Gasteiger partial charge in [0.25, 0.3) is 0 Å². The summed E-state index contributed by atoms with van der Waals surface area (Å²) in [5.74, 6) is 1.58. The van der Waals surface area contributed by atoms with Gasteiger partial charge in [0.15, 0.2) is 0 Å². The number of aromatic nitrogens is 2. The Bertz CT molecular complexity index is 382. The fourth-order valence-electron chi connectivity index (χ4n) is 1.80. The number of aryl methyl sites for hydroxylation is 1. The minimum atomic E-state index is -0.697. The summed E-state index contributed by atoms with van der Waals surface area (Å²) in [6, 6.07) is 1.83. The Morgan fingerprint density at radius 3 is 2.67 bits per heavy atom. The number of nitrogens with zero attached hydrogens (tertiary/aromatic N) is 2. The summed E-state index contributed by atoms with van der Waals surface area (Å²) in [6.45, 7) is 6.50. The van der Waals surface area contributed by atoms with E-state index in [1.54, 1.807) is 0 Å². The normalized spacial score (nSPS) is 14.3. The molecule has 1 heterocycles. The van der Waals surface area contributed by atoms with Gasteiger partial charge in [0, 0.05) is 19.0 Å². The number of nitrogens with one attached hydrogen (secondary N) is 1. The zero-order valence-electron chi connectivity index (χ0n) is 11.3. The molecule has 0 aliphatic rings. The molecule has 1 rings (SSSR count). The number of aliphatic hydroxyl groups is 1. The number of hydrogen-bond acceptors (Lipinski definition) is 4. The van der Waals surface area contributed by atoms with Crippen molar-refractivity contribution < 1.29 is 5.11 Å². The lowest BCUT2D eigenvalue weighted by Crippen LogP contribution is -2.33. The van der Waals surface area contributed by atoms with Crippen molar-refractivity contribution in [3.05, 3.63) is 16.5 Å². The third-order valence-electron chi connectivity index (χ3n) is 2.65. The Morgan fingerprint density at radius 2 is 2.06 bits per heavy atom. The van der Waals surface area contributed by atoms with E-state index in [4.69, 9.17) is 0 Å². The molecule has 1 atom stereocenters. The highest BCUT2D eigenvalue weighted by molar-refractivity contribution is 9.10. The highest BCUT2D eigenvalue weighted by Gasteiger charge is 2.18. The summed E-state index contributed by atoms with van der Waals surface area (Å²) in [5.41, 5.74) is -0.697. The molecule has 18 heavy (non-hydrogen) atoms. The van der Waals surface area contributed by atoms with Crippen molar-refractivity contribution in [1.29, 1.82) is 0 Å². The minimum Gasteiger partial charge on any atom is -0.388 e. The highest BCUT2D eigenvalue weighted by Crippen LogP contribution is 2.16. The average molecular weight is 316 g/mol. The second kappa shape index (κ2) is 7.04. The molecule has 0 saturated heterocycles. The van der Waals surface area contributed by atoms with Crippen molar-refractivity contribution in [2.75, 3.05) is 11.9 Å². The molecule has 0 amide bonds. The monoisotopic (exact) mass is 315 g/mol. The van der Waals surface area contributed by atoms with E-state index >= 15 is 0 Å². The average Bonchev–Trinajstić information content (AvgIpc) is 2.26. The van der Waals surface area contributed by atoms with Crippen molar-refractivity contribution in [1.82, 2.24) is 9.97 Å². The minimum absolute atomic E-state index is 0.496. The molecule has 0 spiro atoms. The molecule has 0 fully saturated rings. The van der Waals surface area contributed by atoms with Gasteiger partial charge in [-0.2, -0.15) is 0 Å². The third-order valence-corrected chi connectivity index (χ3v) is 3.06. The van der Waals surface area contributed by atoms with Crippen molar-refractivity contribution >= 4 is 21.7 Å². The molecule has 0 bridgehead atoms. The standard InChI is InChI=1S/C13H22BrN3O/c1-4-6-11-16-10(14)8-12(17-11)15-9-13(3,18)7-5-2/h8,18H,4-7,9H2,1-3H3,(H,15,16,17). The van der Waals surface area contributed by atoms with Gasteiger partial charge >= 0.3 is 0 Å². The van der Waals surface area contributed by atoms with E-state index in [2.05, 4.69) is 45.1 Å². The Balaban J connectivity index is 2.66. The number of anilines is 1. The van der Waals surface area contributed by atoms with Crippen LogP contribution in [0.3, 0.4) is 0 Å². The molecule has 0 aliphatic carbocycles. The molecule has 4 nitrogen and oxygen atoms in total. The molecule has 1 unspecified atom stereocenters. The molecule has 102 valence electrons. The SMILES string of the molecule is CCCc1nc(Br)cc(NCC(C)(O)CCC)n1. The predicted octanol–water partition coefficient (Wildman–Crippen LogP) is 3.15. The molecule has 0 aliphatic heterocycles. The van der Waals surface area contributed by atoms with E-state index in [1.165, 1.54) is 0 Å².